The lowest BCUT2D eigenvalue weighted by atomic mass is 10.1. The van der Waals surface area contributed by atoms with E-state index < -0.39 is 0 Å². The number of halogens is 1. The summed E-state index contributed by atoms with van der Waals surface area (Å²) in [5, 5.41) is 0. The average molecular weight is 314 g/mol. The van der Waals surface area contributed by atoms with Crippen LogP contribution in [0.1, 0.15) is 24.0 Å². The summed E-state index contributed by atoms with van der Waals surface area (Å²) in [6.07, 6.45) is 1.31. The van der Waals surface area contributed by atoms with Gasteiger partial charge in [0.25, 0.3) is 0 Å². The molecular formula is C14H20BrNO2. The highest BCUT2D eigenvalue weighted by molar-refractivity contribution is 9.10. The molecule has 1 aromatic carbocycles. The molecule has 0 saturated heterocycles. The van der Waals surface area contributed by atoms with Gasteiger partial charge in [-0.05, 0) is 50.2 Å². The van der Waals surface area contributed by atoms with E-state index in [4.69, 9.17) is 0 Å². The van der Waals surface area contributed by atoms with Crippen LogP contribution < -0.4 is 0 Å². The molecule has 100 valence electrons. The van der Waals surface area contributed by atoms with Crippen LogP contribution in [0.2, 0.25) is 0 Å². The Bertz CT molecular complexity index is 407. The van der Waals surface area contributed by atoms with Gasteiger partial charge in [0.05, 0.1) is 7.11 Å². The zero-order valence-electron chi connectivity index (χ0n) is 11.2. The molecule has 0 aliphatic rings. The number of ether oxygens (including phenoxy) is 1. The van der Waals surface area contributed by atoms with Crippen molar-refractivity contribution >= 4 is 21.9 Å². The molecule has 0 atom stereocenters. The number of nitrogens with zero attached hydrogens (tertiary/aromatic N) is 1. The number of methoxy groups -OCH3 is 1. The van der Waals surface area contributed by atoms with Gasteiger partial charge in [-0.3, -0.25) is 4.79 Å². The van der Waals surface area contributed by atoms with Gasteiger partial charge in [0.1, 0.15) is 0 Å². The van der Waals surface area contributed by atoms with E-state index in [1.165, 1.54) is 18.2 Å². The van der Waals surface area contributed by atoms with E-state index >= 15 is 0 Å². The summed E-state index contributed by atoms with van der Waals surface area (Å²) in [6.45, 7) is 3.90. The van der Waals surface area contributed by atoms with Crippen LogP contribution in [0.5, 0.6) is 0 Å². The van der Waals surface area contributed by atoms with Crippen LogP contribution in [-0.2, 0) is 16.1 Å². The van der Waals surface area contributed by atoms with Crippen LogP contribution in [0.15, 0.2) is 22.7 Å². The molecule has 0 spiro atoms. The summed E-state index contributed by atoms with van der Waals surface area (Å²) in [5.74, 6) is -0.137. The average Bonchev–Trinajstić information content (AvgIpc) is 2.33. The molecule has 0 amide bonds. The summed E-state index contributed by atoms with van der Waals surface area (Å²) in [5.41, 5.74) is 2.60. The first kappa shape index (κ1) is 15.2. The topological polar surface area (TPSA) is 29.5 Å². The number of carbonyl (C=O) groups excluding carboxylic acids is 1. The monoisotopic (exact) mass is 313 g/mol. The molecule has 0 bridgehead atoms. The number of aryl methyl sites for hydroxylation is 1. The van der Waals surface area contributed by atoms with Crippen LogP contribution in [0, 0.1) is 6.92 Å². The van der Waals surface area contributed by atoms with E-state index in [1.807, 2.05) is 0 Å². The molecule has 18 heavy (non-hydrogen) atoms. The molecule has 0 aliphatic heterocycles. The predicted octanol–water partition coefficient (Wildman–Crippen LogP) is 3.14. The zero-order chi connectivity index (χ0) is 13.5. The Morgan fingerprint density at radius 3 is 2.83 bits per heavy atom. The molecular weight excluding hydrogens is 294 g/mol. The van der Waals surface area contributed by atoms with Crippen molar-refractivity contribution in [1.82, 2.24) is 4.90 Å². The summed E-state index contributed by atoms with van der Waals surface area (Å²) in [4.78, 5) is 13.2. The first-order valence-corrected chi connectivity index (χ1v) is 6.82. The number of rotatable bonds is 6. The van der Waals surface area contributed by atoms with Gasteiger partial charge in [-0.2, -0.15) is 0 Å². The Labute approximate surface area is 117 Å². The second kappa shape index (κ2) is 7.54. The van der Waals surface area contributed by atoms with Crippen molar-refractivity contribution in [3.63, 3.8) is 0 Å². The van der Waals surface area contributed by atoms with E-state index in [9.17, 15) is 4.79 Å². The molecule has 0 N–H and O–H groups in total. The van der Waals surface area contributed by atoms with Gasteiger partial charge >= 0.3 is 5.97 Å². The van der Waals surface area contributed by atoms with Crippen LogP contribution in [0.4, 0.5) is 0 Å². The highest BCUT2D eigenvalue weighted by Gasteiger charge is 2.06. The van der Waals surface area contributed by atoms with E-state index in [-0.39, 0.29) is 5.97 Å². The van der Waals surface area contributed by atoms with Crippen LogP contribution in [0.25, 0.3) is 0 Å². The fourth-order valence-electron chi connectivity index (χ4n) is 1.78. The van der Waals surface area contributed by atoms with Crippen molar-refractivity contribution in [1.29, 1.82) is 0 Å². The van der Waals surface area contributed by atoms with Crippen molar-refractivity contribution in [3.8, 4) is 0 Å². The van der Waals surface area contributed by atoms with Gasteiger partial charge in [0, 0.05) is 17.4 Å². The maximum atomic E-state index is 11.0. The Morgan fingerprint density at radius 1 is 1.44 bits per heavy atom. The second-order valence-electron chi connectivity index (χ2n) is 4.49. The Balaban J connectivity index is 2.42. The molecule has 0 aromatic heterocycles. The lowest BCUT2D eigenvalue weighted by molar-refractivity contribution is -0.140. The molecule has 0 radical (unpaired) electrons. The molecule has 1 rings (SSSR count). The number of benzene rings is 1. The van der Waals surface area contributed by atoms with E-state index in [0.717, 1.165) is 24.0 Å². The van der Waals surface area contributed by atoms with Crippen molar-refractivity contribution in [2.45, 2.75) is 26.3 Å². The number of hydrogen-bond donors (Lipinski definition) is 0. The smallest absolute Gasteiger partial charge is 0.305 e. The lowest BCUT2D eigenvalue weighted by Gasteiger charge is -2.18. The minimum Gasteiger partial charge on any atom is -0.469 e. The zero-order valence-corrected chi connectivity index (χ0v) is 12.8. The maximum Gasteiger partial charge on any atom is 0.305 e. The van der Waals surface area contributed by atoms with Gasteiger partial charge in [-0.15, -0.1) is 0 Å². The highest BCUT2D eigenvalue weighted by atomic mass is 79.9. The predicted molar refractivity (Wildman–Crippen MR) is 76.5 cm³/mol. The largest absolute Gasteiger partial charge is 0.469 e. The highest BCUT2D eigenvalue weighted by Crippen LogP contribution is 2.17. The first-order chi connectivity index (χ1) is 8.52. The number of esters is 1. The third-order valence-electron chi connectivity index (χ3n) is 2.90. The first-order valence-electron chi connectivity index (χ1n) is 6.03. The Kier molecular flexibility index (Phi) is 6.36. The summed E-state index contributed by atoms with van der Waals surface area (Å²) < 4.78 is 5.72. The van der Waals surface area contributed by atoms with Gasteiger partial charge in [-0.1, -0.05) is 22.0 Å². The molecule has 0 aliphatic carbocycles. The second-order valence-corrected chi connectivity index (χ2v) is 5.40. The third kappa shape index (κ3) is 5.19. The molecule has 4 heteroatoms. The van der Waals surface area contributed by atoms with Gasteiger partial charge in [0.15, 0.2) is 0 Å². The lowest BCUT2D eigenvalue weighted by Crippen LogP contribution is -2.20. The van der Waals surface area contributed by atoms with Gasteiger partial charge < -0.3 is 9.64 Å². The minimum atomic E-state index is -0.137. The van der Waals surface area contributed by atoms with E-state index in [2.05, 4.69) is 57.7 Å². The van der Waals surface area contributed by atoms with Crippen LogP contribution in [-0.4, -0.2) is 31.6 Å². The van der Waals surface area contributed by atoms with Crippen LogP contribution in [0.3, 0.4) is 0 Å². The van der Waals surface area contributed by atoms with Crippen molar-refractivity contribution < 1.29 is 9.53 Å². The number of hydrogen-bond acceptors (Lipinski definition) is 3. The van der Waals surface area contributed by atoms with Crippen LogP contribution >= 0.6 is 15.9 Å². The fraction of sp³-hybridized carbons (Fsp3) is 0.500. The normalized spacial score (nSPS) is 10.7. The Hall–Kier alpha value is -0.870. The quantitative estimate of drug-likeness (QED) is 0.756. The SMILES string of the molecule is COC(=O)CCCN(C)Cc1cc(Br)ccc1C. The standard InChI is InChI=1S/C14H20BrNO2/c1-11-6-7-13(15)9-12(11)10-16(2)8-4-5-14(17)18-3/h6-7,9H,4-5,8,10H2,1-3H3. The molecule has 0 heterocycles. The number of carbonyl (C=O) groups is 1. The van der Waals surface area contributed by atoms with Crippen molar-refractivity contribution in [3.05, 3.63) is 33.8 Å². The minimum absolute atomic E-state index is 0.137. The van der Waals surface area contributed by atoms with E-state index in [0.29, 0.717) is 6.42 Å². The van der Waals surface area contributed by atoms with Gasteiger partial charge in [0.2, 0.25) is 0 Å². The molecule has 0 fully saturated rings. The van der Waals surface area contributed by atoms with E-state index in [1.54, 1.807) is 0 Å². The summed E-state index contributed by atoms with van der Waals surface area (Å²) >= 11 is 3.49. The molecule has 0 unspecified atom stereocenters. The Morgan fingerprint density at radius 2 is 2.17 bits per heavy atom. The molecule has 1 aromatic rings. The van der Waals surface area contributed by atoms with Crippen molar-refractivity contribution in [2.75, 3.05) is 20.7 Å². The fourth-order valence-corrected chi connectivity index (χ4v) is 2.18. The maximum absolute atomic E-state index is 11.0. The van der Waals surface area contributed by atoms with Crippen molar-refractivity contribution in [2.24, 2.45) is 0 Å². The molecule has 3 nitrogen and oxygen atoms in total. The summed E-state index contributed by atoms with van der Waals surface area (Å²) in [7, 11) is 3.49. The third-order valence-corrected chi connectivity index (χ3v) is 3.39. The summed E-state index contributed by atoms with van der Waals surface area (Å²) in [6, 6.07) is 6.31. The molecule has 0 saturated carbocycles. The van der Waals surface area contributed by atoms with Gasteiger partial charge in [-0.25, -0.2) is 0 Å².